The van der Waals surface area contributed by atoms with Gasteiger partial charge in [-0.3, -0.25) is 0 Å². The lowest BCUT2D eigenvalue weighted by molar-refractivity contribution is 0.173. The molecule has 1 aromatic rings. The lowest BCUT2D eigenvalue weighted by Crippen LogP contribution is -2.35. The topological polar surface area (TPSA) is 12.0 Å². The van der Waals surface area contributed by atoms with Crippen molar-refractivity contribution in [1.82, 2.24) is 5.32 Å². The predicted molar refractivity (Wildman–Crippen MR) is 87.9 cm³/mol. The zero-order valence-corrected chi connectivity index (χ0v) is 13.8. The Balaban J connectivity index is 2.27. The van der Waals surface area contributed by atoms with E-state index in [1.807, 2.05) is 19.1 Å². The van der Waals surface area contributed by atoms with Gasteiger partial charge in [-0.25, -0.2) is 4.39 Å². The average molecular weight is 291 g/mol. The molecule has 1 aliphatic carbocycles. The molecule has 0 radical (unpaired) electrons. The van der Waals surface area contributed by atoms with Gasteiger partial charge in [-0.2, -0.15) is 0 Å². The van der Waals surface area contributed by atoms with Gasteiger partial charge in [-0.15, -0.1) is 0 Å². The molecule has 0 aromatic heterocycles. The molecule has 0 amide bonds. The Kier molecular flexibility index (Phi) is 6.22. The molecule has 0 saturated heterocycles. The highest BCUT2D eigenvalue weighted by molar-refractivity contribution is 5.27. The second-order valence-electron chi connectivity index (χ2n) is 6.57. The van der Waals surface area contributed by atoms with Crippen molar-refractivity contribution in [2.45, 2.75) is 65.3 Å². The zero-order valence-electron chi connectivity index (χ0n) is 13.8. The van der Waals surface area contributed by atoms with E-state index in [9.17, 15) is 4.39 Å². The van der Waals surface area contributed by atoms with Crippen LogP contribution in [0, 0.1) is 24.6 Å². The van der Waals surface area contributed by atoms with E-state index in [2.05, 4.69) is 19.2 Å². The van der Waals surface area contributed by atoms with Crippen LogP contribution in [0.2, 0.25) is 0 Å². The first-order valence-corrected chi connectivity index (χ1v) is 8.66. The van der Waals surface area contributed by atoms with Crippen LogP contribution < -0.4 is 5.32 Å². The Hall–Kier alpha value is -0.890. The van der Waals surface area contributed by atoms with E-state index in [-0.39, 0.29) is 11.9 Å². The second kappa shape index (κ2) is 7.93. The summed E-state index contributed by atoms with van der Waals surface area (Å²) in [7, 11) is 0. The highest BCUT2D eigenvalue weighted by Gasteiger charge is 2.32. The van der Waals surface area contributed by atoms with Crippen LogP contribution in [0.3, 0.4) is 0 Å². The smallest absolute Gasteiger partial charge is 0.128 e. The predicted octanol–water partition coefficient (Wildman–Crippen LogP) is 5.39. The molecular weight excluding hydrogens is 261 g/mol. The molecule has 1 nitrogen and oxygen atoms in total. The van der Waals surface area contributed by atoms with Crippen LogP contribution in [0.15, 0.2) is 18.2 Å². The van der Waals surface area contributed by atoms with Crippen molar-refractivity contribution in [3.05, 3.63) is 35.1 Å². The van der Waals surface area contributed by atoms with Gasteiger partial charge >= 0.3 is 0 Å². The summed E-state index contributed by atoms with van der Waals surface area (Å²) in [5, 5.41) is 3.64. The summed E-state index contributed by atoms with van der Waals surface area (Å²) in [6, 6.07) is 5.90. The van der Waals surface area contributed by atoms with E-state index in [0.29, 0.717) is 5.92 Å². The largest absolute Gasteiger partial charge is 0.310 e. The molecule has 2 heteroatoms. The van der Waals surface area contributed by atoms with Crippen molar-refractivity contribution in [2.75, 3.05) is 6.54 Å². The van der Waals surface area contributed by atoms with Crippen molar-refractivity contribution in [3.63, 3.8) is 0 Å². The Morgan fingerprint density at radius 2 is 2.00 bits per heavy atom. The molecule has 0 bridgehead atoms. The van der Waals surface area contributed by atoms with Gasteiger partial charge in [0.15, 0.2) is 0 Å². The molecule has 0 aliphatic heterocycles. The van der Waals surface area contributed by atoms with Crippen molar-refractivity contribution in [1.29, 1.82) is 0 Å². The van der Waals surface area contributed by atoms with Crippen LogP contribution in [0.4, 0.5) is 4.39 Å². The van der Waals surface area contributed by atoms with Crippen molar-refractivity contribution < 1.29 is 4.39 Å². The second-order valence-corrected chi connectivity index (χ2v) is 6.57. The summed E-state index contributed by atoms with van der Waals surface area (Å²) >= 11 is 0. The summed E-state index contributed by atoms with van der Waals surface area (Å²) in [5.74, 6) is 1.27. The molecule has 1 fully saturated rings. The molecule has 118 valence electrons. The lowest BCUT2D eigenvalue weighted by Gasteiger charge is -2.38. The Labute approximate surface area is 129 Å². The van der Waals surface area contributed by atoms with Crippen LogP contribution in [0.25, 0.3) is 0 Å². The van der Waals surface area contributed by atoms with Crippen LogP contribution in [-0.4, -0.2) is 6.54 Å². The molecule has 3 atom stereocenters. The number of hydrogen-bond acceptors (Lipinski definition) is 1. The van der Waals surface area contributed by atoms with Gasteiger partial charge in [0, 0.05) is 11.6 Å². The van der Waals surface area contributed by atoms with Crippen molar-refractivity contribution in [3.8, 4) is 0 Å². The standard InChI is InChI=1S/C19H30FN/c1-4-12-21-19(16-9-7-6-8-15(16)5-2)17-11-10-14(3)13-18(17)20/h10-11,13,15-16,19,21H,4-9,12H2,1-3H3. The molecule has 21 heavy (non-hydrogen) atoms. The first kappa shape index (κ1) is 16.5. The van der Waals surface area contributed by atoms with E-state index in [4.69, 9.17) is 0 Å². The van der Waals surface area contributed by atoms with E-state index < -0.39 is 0 Å². The third-order valence-electron chi connectivity index (χ3n) is 5.03. The maximum atomic E-state index is 14.5. The van der Waals surface area contributed by atoms with Gasteiger partial charge in [0.1, 0.15) is 5.82 Å². The average Bonchev–Trinajstić information content (AvgIpc) is 2.49. The van der Waals surface area contributed by atoms with Gasteiger partial charge in [0.2, 0.25) is 0 Å². The SMILES string of the molecule is CCCNC(c1ccc(C)cc1F)C1CCCCC1CC. The molecule has 1 aliphatic rings. The molecule has 3 unspecified atom stereocenters. The van der Waals surface area contributed by atoms with Crippen LogP contribution >= 0.6 is 0 Å². The number of nitrogens with one attached hydrogen (secondary N) is 1. The van der Waals surface area contributed by atoms with Crippen molar-refractivity contribution >= 4 is 0 Å². The van der Waals surface area contributed by atoms with Crippen molar-refractivity contribution in [2.24, 2.45) is 11.8 Å². The quantitative estimate of drug-likeness (QED) is 0.741. The van der Waals surface area contributed by atoms with Crippen LogP contribution in [0.5, 0.6) is 0 Å². The number of aryl methyl sites for hydroxylation is 1. The monoisotopic (exact) mass is 291 g/mol. The fraction of sp³-hybridized carbons (Fsp3) is 0.684. The van der Waals surface area contributed by atoms with E-state index in [1.165, 1.54) is 32.1 Å². The summed E-state index contributed by atoms with van der Waals surface area (Å²) in [6.07, 6.45) is 7.47. The fourth-order valence-electron chi connectivity index (χ4n) is 3.86. The lowest BCUT2D eigenvalue weighted by atomic mass is 9.72. The minimum atomic E-state index is -0.0379. The third-order valence-corrected chi connectivity index (χ3v) is 5.03. The Bertz CT molecular complexity index is 443. The van der Waals surface area contributed by atoms with Gasteiger partial charge in [-0.05, 0) is 49.8 Å². The maximum absolute atomic E-state index is 14.5. The highest BCUT2D eigenvalue weighted by atomic mass is 19.1. The number of rotatable bonds is 6. The Morgan fingerprint density at radius 1 is 1.24 bits per heavy atom. The van der Waals surface area contributed by atoms with Crippen LogP contribution in [0.1, 0.15) is 69.5 Å². The molecule has 1 saturated carbocycles. The molecular formula is C19H30FN. The highest BCUT2D eigenvalue weighted by Crippen LogP contribution is 2.41. The van der Waals surface area contributed by atoms with E-state index in [0.717, 1.165) is 30.0 Å². The number of halogens is 1. The van der Waals surface area contributed by atoms with E-state index >= 15 is 0 Å². The molecule has 0 spiro atoms. The van der Waals surface area contributed by atoms with Gasteiger partial charge in [0.25, 0.3) is 0 Å². The first-order chi connectivity index (χ1) is 10.2. The summed E-state index contributed by atoms with van der Waals surface area (Å²) in [5.41, 5.74) is 1.88. The van der Waals surface area contributed by atoms with Gasteiger partial charge < -0.3 is 5.32 Å². The zero-order chi connectivity index (χ0) is 15.2. The van der Waals surface area contributed by atoms with Gasteiger partial charge in [0.05, 0.1) is 0 Å². The van der Waals surface area contributed by atoms with Crippen LogP contribution in [-0.2, 0) is 0 Å². The number of hydrogen-bond donors (Lipinski definition) is 1. The molecule has 0 heterocycles. The first-order valence-electron chi connectivity index (χ1n) is 8.66. The summed E-state index contributed by atoms with van der Waals surface area (Å²) < 4.78 is 14.5. The minimum Gasteiger partial charge on any atom is -0.310 e. The molecule has 1 N–H and O–H groups in total. The summed E-state index contributed by atoms with van der Waals surface area (Å²) in [4.78, 5) is 0. The van der Waals surface area contributed by atoms with Gasteiger partial charge in [-0.1, -0.05) is 51.7 Å². The minimum absolute atomic E-state index is 0.0379. The maximum Gasteiger partial charge on any atom is 0.128 e. The number of benzene rings is 1. The third kappa shape index (κ3) is 4.06. The Morgan fingerprint density at radius 3 is 2.67 bits per heavy atom. The summed E-state index contributed by atoms with van der Waals surface area (Å²) in [6.45, 7) is 7.38. The normalized spacial score (nSPS) is 24.0. The molecule has 1 aromatic carbocycles. The van der Waals surface area contributed by atoms with E-state index in [1.54, 1.807) is 6.07 Å². The fourth-order valence-corrected chi connectivity index (χ4v) is 3.86. The molecule has 2 rings (SSSR count).